The van der Waals surface area contributed by atoms with Gasteiger partial charge >= 0.3 is 0 Å². The van der Waals surface area contributed by atoms with E-state index < -0.39 is 0 Å². The van der Waals surface area contributed by atoms with Crippen LogP contribution in [0.5, 0.6) is 0 Å². The SMILES string of the molecule is c1ccc(N(c2ccccc2)c2ccc3c4c(cccc24)-c2ccccc2N(c2cccc(-c4ccc5ccccc5c4)c2)c2ccccc2-3)cc1. The molecule has 1 aliphatic rings. The molecule has 0 spiro atoms. The van der Waals surface area contributed by atoms with Gasteiger partial charge in [-0.15, -0.1) is 0 Å². The van der Waals surface area contributed by atoms with Gasteiger partial charge in [0.05, 0.1) is 17.1 Å². The van der Waals surface area contributed by atoms with Crippen LogP contribution < -0.4 is 9.80 Å². The molecule has 52 heavy (non-hydrogen) atoms. The van der Waals surface area contributed by atoms with Gasteiger partial charge in [0.2, 0.25) is 0 Å². The van der Waals surface area contributed by atoms with Crippen molar-refractivity contribution in [3.8, 4) is 33.4 Å². The lowest BCUT2D eigenvalue weighted by Crippen LogP contribution is -2.14. The summed E-state index contributed by atoms with van der Waals surface area (Å²) in [5, 5.41) is 4.95. The summed E-state index contributed by atoms with van der Waals surface area (Å²) in [7, 11) is 0. The molecule has 244 valence electrons. The number of hydrogen-bond acceptors (Lipinski definition) is 2. The first-order valence-corrected chi connectivity index (χ1v) is 17.9. The molecule has 0 N–H and O–H groups in total. The standard InChI is InChI=1S/C50H34N2/c1-3-18-39(19-4-1)51(40-20-5-2-6-21-40)49-32-31-45-43-24-10-12-28-48(43)52(47-27-11-9-23-42(47)44-25-14-26-46(49)50(44)45)41-22-13-17-37(34-41)38-30-29-35-15-7-8-16-36(35)33-38/h1-34H. The molecule has 0 unspecified atom stereocenters. The van der Waals surface area contributed by atoms with Gasteiger partial charge in [-0.1, -0.05) is 146 Å². The van der Waals surface area contributed by atoms with Gasteiger partial charge in [-0.05, 0) is 99.1 Å². The maximum Gasteiger partial charge on any atom is 0.0540 e. The molecule has 0 saturated heterocycles. The third-order valence-corrected chi connectivity index (χ3v) is 10.3. The maximum atomic E-state index is 2.45. The number of anilines is 6. The van der Waals surface area contributed by atoms with Gasteiger partial charge in [0.1, 0.15) is 0 Å². The summed E-state index contributed by atoms with van der Waals surface area (Å²) in [5.41, 5.74) is 14.0. The van der Waals surface area contributed by atoms with Crippen molar-refractivity contribution in [3.05, 3.63) is 206 Å². The van der Waals surface area contributed by atoms with Gasteiger partial charge in [-0.2, -0.15) is 0 Å². The Balaban J connectivity index is 1.21. The van der Waals surface area contributed by atoms with Gasteiger partial charge in [-0.3, -0.25) is 0 Å². The van der Waals surface area contributed by atoms with Gasteiger partial charge in [0, 0.05) is 33.6 Å². The van der Waals surface area contributed by atoms with Crippen LogP contribution in [0, 0.1) is 0 Å². The monoisotopic (exact) mass is 662 g/mol. The fraction of sp³-hybridized carbons (Fsp3) is 0. The minimum Gasteiger partial charge on any atom is -0.310 e. The average molecular weight is 663 g/mol. The van der Waals surface area contributed by atoms with Crippen LogP contribution in [0.2, 0.25) is 0 Å². The third kappa shape index (κ3) is 4.96. The summed E-state index contributed by atoms with van der Waals surface area (Å²) < 4.78 is 0. The third-order valence-electron chi connectivity index (χ3n) is 10.3. The van der Waals surface area contributed by atoms with E-state index in [4.69, 9.17) is 0 Å². The van der Waals surface area contributed by atoms with E-state index in [-0.39, 0.29) is 0 Å². The van der Waals surface area contributed by atoms with Gasteiger partial charge in [-0.25, -0.2) is 0 Å². The number of fused-ring (bicyclic) bond motifs is 5. The predicted molar refractivity (Wildman–Crippen MR) is 221 cm³/mol. The number of hydrogen-bond donors (Lipinski definition) is 0. The van der Waals surface area contributed by atoms with Gasteiger partial charge in [0.15, 0.2) is 0 Å². The Morgan fingerprint density at radius 1 is 0.346 bits per heavy atom. The summed E-state index contributed by atoms with van der Waals surface area (Å²) in [6.07, 6.45) is 0. The molecule has 0 atom stereocenters. The van der Waals surface area contributed by atoms with Crippen molar-refractivity contribution in [1.82, 2.24) is 0 Å². The van der Waals surface area contributed by atoms with Crippen molar-refractivity contribution < 1.29 is 0 Å². The van der Waals surface area contributed by atoms with E-state index in [1.165, 1.54) is 54.9 Å². The van der Waals surface area contributed by atoms with E-state index in [1.54, 1.807) is 0 Å². The van der Waals surface area contributed by atoms with Crippen LogP contribution in [0.25, 0.3) is 54.9 Å². The molecule has 0 fully saturated rings. The van der Waals surface area contributed by atoms with E-state index in [9.17, 15) is 0 Å². The molecule has 0 radical (unpaired) electrons. The fourth-order valence-corrected chi connectivity index (χ4v) is 8.01. The van der Waals surface area contributed by atoms with Crippen molar-refractivity contribution in [3.63, 3.8) is 0 Å². The highest BCUT2D eigenvalue weighted by molar-refractivity contribution is 6.16. The minimum atomic E-state index is 1.12. The van der Waals surface area contributed by atoms with Crippen LogP contribution in [0.4, 0.5) is 34.1 Å². The lowest BCUT2D eigenvalue weighted by atomic mass is 9.86. The lowest BCUT2D eigenvalue weighted by Gasteiger charge is -2.33. The molecule has 0 aliphatic carbocycles. The summed E-state index contributed by atoms with van der Waals surface area (Å²) in [6.45, 7) is 0. The molecule has 0 aromatic heterocycles. The Kier molecular flexibility index (Phi) is 7.18. The number of nitrogens with zero attached hydrogens (tertiary/aromatic N) is 2. The molecule has 1 aliphatic heterocycles. The summed E-state index contributed by atoms with van der Waals surface area (Å²) in [5.74, 6) is 0. The largest absolute Gasteiger partial charge is 0.310 e. The van der Waals surface area contributed by atoms with Crippen molar-refractivity contribution in [1.29, 1.82) is 0 Å². The van der Waals surface area contributed by atoms with E-state index in [2.05, 4.69) is 216 Å². The quantitative estimate of drug-likeness (QED) is 0.181. The Morgan fingerprint density at radius 3 is 1.62 bits per heavy atom. The molecular formula is C50H34N2. The molecule has 9 aromatic rings. The zero-order chi connectivity index (χ0) is 34.4. The second-order valence-electron chi connectivity index (χ2n) is 13.3. The van der Waals surface area contributed by atoms with Crippen molar-refractivity contribution in [2.24, 2.45) is 0 Å². The number of rotatable bonds is 5. The second-order valence-corrected chi connectivity index (χ2v) is 13.3. The summed E-state index contributed by atoms with van der Waals surface area (Å²) in [6, 6.07) is 74.8. The fourth-order valence-electron chi connectivity index (χ4n) is 8.01. The number of para-hydroxylation sites is 4. The van der Waals surface area contributed by atoms with Crippen molar-refractivity contribution in [2.45, 2.75) is 0 Å². The first kappa shape index (κ1) is 30.0. The van der Waals surface area contributed by atoms with Crippen LogP contribution >= 0.6 is 0 Å². The maximum absolute atomic E-state index is 2.45. The van der Waals surface area contributed by atoms with Crippen LogP contribution in [0.3, 0.4) is 0 Å². The van der Waals surface area contributed by atoms with Crippen LogP contribution in [0.1, 0.15) is 0 Å². The lowest BCUT2D eigenvalue weighted by molar-refractivity contribution is 1.28. The molecule has 9 aromatic carbocycles. The Hall–Kier alpha value is -6.90. The van der Waals surface area contributed by atoms with Crippen LogP contribution in [-0.2, 0) is 0 Å². The van der Waals surface area contributed by atoms with Crippen LogP contribution in [-0.4, -0.2) is 0 Å². The van der Waals surface area contributed by atoms with Crippen molar-refractivity contribution in [2.75, 3.05) is 9.80 Å². The first-order valence-electron chi connectivity index (χ1n) is 17.9. The average Bonchev–Trinajstić information content (AvgIpc) is 3.22. The first-order chi connectivity index (χ1) is 25.8. The summed E-state index contributed by atoms with van der Waals surface area (Å²) >= 11 is 0. The molecule has 1 heterocycles. The van der Waals surface area contributed by atoms with E-state index in [0.29, 0.717) is 0 Å². The Labute approximate surface area is 304 Å². The smallest absolute Gasteiger partial charge is 0.0540 e. The Bertz CT molecular complexity index is 2660. The van der Waals surface area contributed by atoms with E-state index in [0.717, 1.165) is 34.1 Å². The second kappa shape index (κ2) is 12.5. The van der Waals surface area contributed by atoms with Gasteiger partial charge in [0.25, 0.3) is 0 Å². The zero-order valence-corrected chi connectivity index (χ0v) is 28.5. The van der Waals surface area contributed by atoms with E-state index >= 15 is 0 Å². The van der Waals surface area contributed by atoms with Crippen molar-refractivity contribution >= 4 is 55.7 Å². The molecule has 0 bridgehead atoms. The minimum absolute atomic E-state index is 1.12. The van der Waals surface area contributed by atoms with E-state index in [1.807, 2.05) is 0 Å². The molecule has 2 nitrogen and oxygen atoms in total. The Morgan fingerprint density at radius 2 is 0.904 bits per heavy atom. The summed E-state index contributed by atoms with van der Waals surface area (Å²) in [4.78, 5) is 4.83. The van der Waals surface area contributed by atoms with Gasteiger partial charge < -0.3 is 9.80 Å². The molecular weight excluding hydrogens is 629 g/mol. The molecule has 2 heteroatoms. The number of benzene rings is 9. The molecule has 0 saturated carbocycles. The van der Waals surface area contributed by atoms with Crippen LogP contribution in [0.15, 0.2) is 206 Å². The highest BCUT2D eigenvalue weighted by atomic mass is 15.2. The zero-order valence-electron chi connectivity index (χ0n) is 28.5. The topological polar surface area (TPSA) is 6.48 Å². The molecule has 10 rings (SSSR count). The highest BCUT2D eigenvalue weighted by Crippen LogP contribution is 2.52. The molecule has 0 amide bonds. The normalized spacial score (nSPS) is 11.8. The predicted octanol–water partition coefficient (Wildman–Crippen LogP) is 14.2. The highest BCUT2D eigenvalue weighted by Gasteiger charge is 2.27.